The van der Waals surface area contributed by atoms with Gasteiger partial charge in [0.05, 0.1) is 11.8 Å². The smallest absolute Gasteiger partial charge is 0.115 e. The highest BCUT2D eigenvalue weighted by molar-refractivity contribution is 5.92. The zero-order valence-corrected chi connectivity index (χ0v) is 13.8. The van der Waals surface area contributed by atoms with Crippen molar-refractivity contribution in [2.45, 2.75) is 51.0 Å². The lowest BCUT2D eigenvalue weighted by atomic mass is 9.54. The second-order valence-electron chi connectivity index (χ2n) is 7.67. The van der Waals surface area contributed by atoms with Crippen LogP contribution in [0.25, 0.3) is 0 Å². The van der Waals surface area contributed by atoms with Crippen LogP contribution in [0, 0.1) is 17.3 Å². The van der Waals surface area contributed by atoms with E-state index in [1.807, 2.05) is 12.1 Å². The molecule has 4 heteroatoms. The highest BCUT2D eigenvalue weighted by Gasteiger charge is 2.56. The molecular formula is C19H25NO3. The molecule has 5 atom stereocenters. The summed E-state index contributed by atoms with van der Waals surface area (Å²) in [5, 5.41) is 25.0. The number of phenols is 1. The summed E-state index contributed by atoms with van der Waals surface area (Å²) in [6.07, 6.45) is 4.58. The maximum atomic E-state index is 11.0. The summed E-state index contributed by atoms with van der Waals surface area (Å²) in [4.78, 5) is 5.06. The number of nitrogens with zero attached hydrogens (tertiary/aromatic N) is 1. The molecule has 0 bridgehead atoms. The first kappa shape index (κ1) is 15.0. The molecule has 5 unspecified atom stereocenters. The van der Waals surface area contributed by atoms with E-state index in [1.165, 1.54) is 11.1 Å². The molecule has 2 N–H and O–H groups in total. The van der Waals surface area contributed by atoms with E-state index in [2.05, 4.69) is 12.1 Å². The lowest BCUT2D eigenvalue weighted by Crippen LogP contribution is -2.49. The Hall–Kier alpha value is -1.55. The molecule has 0 amide bonds. The van der Waals surface area contributed by atoms with Crippen LogP contribution in [0.4, 0.5) is 0 Å². The molecule has 124 valence electrons. The van der Waals surface area contributed by atoms with E-state index in [-0.39, 0.29) is 17.4 Å². The van der Waals surface area contributed by atoms with Crippen LogP contribution in [0.5, 0.6) is 5.75 Å². The second kappa shape index (κ2) is 5.23. The SMILES string of the molecule is CO/N=C1\CCC2C3CCc4cc(O)ccc4C3C(O)CC12C. The first-order chi connectivity index (χ1) is 11.0. The molecule has 3 aliphatic rings. The Labute approximate surface area is 137 Å². The van der Waals surface area contributed by atoms with Crippen LogP contribution in [0.3, 0.4) is 0 Å². The quantitative estimate of drug-likeness (QED) is 0.782. The summed E-state index contributed by atoms with van der Waals surface area (Å²) < 4.78 is 0. The fourth-order valence-corrected chi connectivity index (χ4v) is 5.70. The number of oxime groups is 1. The van der Waals surface area contributed by atoms with Gasteiger partial charge in [-0.2, -0.15) is 0 Å². The van der Waals surface area contributed by atoms with Crippen molar-refractivity contribution in [3.8, 4) is 5.75 Å². The second-order valence-corrected chi connectivity index (χ2v) is 7.67. The van der Waals surface area contributed by atoms with Gasteiger partial charge >= 0.3 is 0 Å². The standard InChI is InChI=1S/C19H25NO3/c1-19-10-16(22)18-13-6-4-12(21)9-11(13)3-5-14(18)15(19)7-8-17(19)20-23-2/h4,6,9,14-16,18,21-22H,3,5,7-8,10H2,1-2H3/b20-17+. The Balaban J connectivity index is 1.74. The van der Waals surface area contributed by atoms with Crippen LogP contribution < -0.4 is 0 Å². The third kappa shape index (κ3) is 2.11. The van der Waals surface area contributed by atoms with Crippen LogP contribution in [0.15, 0.2) is 23.4 Å². The first-order valence-corrected chi connectivity index (χ1v) is 8.65. The number of rotatable bonds is 1. The van der Waals surface area contributed by atoms with Gasteiger partial charge in [-0.25, -0.2) is 0 Å². The number of fused-ring (bicyclic) bond motifs is 5. The van der Waals surface area contributed by atoms with Crippen molar-refractivity contribution in [2.24, 2.45) is 22.4 Å². The van der Waals surface area contributed by atoms with Gasteiger partial charge in [-0.3, -0.25) is 0 Å². The van der Waals surface area contributed by atoms with Crippen LogP contribution in [0.2, 0.25) is 0 Å². The van der Waals surface area contributed by atoms with Gasteiger partial charge in [0.1, 0.15) is 12.9 Å². The van der Waals surface area contributed by atoms with Gasteiger partial charge in [0.15, 0.2) is 0 Å². The summed E-state index contributed by atoms with van der Waals surface area (Å²) in [7, 11) is 1.61. The van der Waals surface area contributed by atoms with Crippen molar-refractivity contribution >= 4 is 5.71 Å². The van der Waals surface area contributed by atoms with E-state index in [0.29, 0.717) is 17.6 Å². The summed E-state index contributed by atoms with van der Waals surface area (Å²) in [5.41, 5.74) is 3.53. The van der Waals surface area contributed by atoms with Crippen molar-refractivity contribution in [1.29, 1.82) is 0 Å². The number of benzene rings is 1. The molecule has 4 rings (SSSR count). The van der Waals surface area contributed by atoms with E-state index in [9.17, 15) is 10.2 Å². The molecule has 2 saturated carbocycles. The lowest BCUT2D eigenvalue weighted by Gasteiger charge is -2.51. The summed E-state index contributed by atoms with van der Waals surface area (Å²) in [5.74, 6) is 1.57. The number of phenolic OH excluding ortho intramolecular Hbond substituents is 1. The summed E-state index contributed by atoms with van der Waals surface area (Å²) in [6.45, 7) is 2.26. The molecule has 1 aromatic rings. The Kier molecular flexibility index (Phi) is 3.41. The molecule has 0 heterocycles. The Morgan fingerprint density at radius 3 is 2.87 bits per heavy atom. The number of hydrogen-bond acceptors (Lipinski definition) is 4. The number of aliphatic hydroxyl groups excluding tert-OH is 1. The van der Waals surface area contributed by atoms with Crippen molar-refractivity contribution in [2.75, 3.05) is 7.11 Å². The molecule has 23 heavy (non-hydrogen) atoms. The molecule has 0 saturated heterocycles. The zero-order chi connectivity index (χ0) is 16.2. The monoisotopic (exact) mass is 315 g/mol. The van der Waals surface area contributed by atoms with Crippen molar-refractivity contribution in [3.63, 3.8) is 0 Å². The minimum absolute atomic E-state index is 0.0367. The van der Waals surface area contributed by atoms with E-state index in [1.54, 1.807) is 13.2 Å². The Bertz CT molecular complexity index is 656. The highest BCUT2D eigenvalue weighted by Crippen LogP contribution is 2.60. The minimum Gasteiger partial charge on any atom is -0.508 e. The van der Waals surface area contributed by atoms with Crippen LogP contribution in [0.1, 0.15) is 49.7 Å². The highest BCUT2D eigenvalue weighted by atomic mass is 16.6. The third-order valence-electron chi connectivity index (χ3n) is 6.63. The molecule has 0 spiro atoms. The zero-order valence-electron chi connectivity index (χ0n) is 13.8. The summed E-state index contributed by atoms with van der Waals surface area (Å²) in [6, 6.07) is 5.65. The van der Waals surface area contributed by atoms with Gasteiger partial charge in [-0.15, -0.1) is 0 Å². The van der Waals surface area contributed by atoms with Crippen molar-refractivity contribution in [1.82, 2.24) is 0 Å². The van der Waals surface area contributed by atoms with E-state index in [0.717, 1.165) is 37.8 Å². The Morgan fingerprint density at radius 2 is 2.09 bits per heavy atom. The molecule has 0 aliphatic heterocycles. The average molecular weight is 315 g/mol. The maximum absolute atomic E-state index is 11.0. The topological polar surface area (TPSA) is 62.0 Å². The molecule has 4 nitrogen and oxygen atoms in total. The van der Waals surface area contributed by atoms with Crippen molar-refractivity contribution in [3.05, 3.63) is 29.3 Å². The fraction of sp³-hybridized carbons (Fsp3) is 0.632. The van der Waals surface area contributed by atoms with Crippen LogP contribution >= 0.6 is 0 Å². The molecule has 3 aliphatic carbocycles. The van der Waals surface area contributed by atoms with Crippen molar-refractivity contribution < 1.29 is 15.1 Å². The maximum Gasteiger partial charge on any atom is 0.115 e. The largest absolute Gasteiger partial charge is 0.508 e. The van der Waals surface area contributed by atoms with E-state index in [4.69, 9.17) is 4.84 Å². The molecule has 2 fully saturated rings. The number of aromatic hydroxyl groups is 1. The van der Waals surface area contributed by atoms with Crippen LogP contribution in [-0.4, -0.2) is 29.1 Å². The van der Waals surface area contributed by atoms with Gasteiger partial charge < -0.3 is 15.1 Å². The molecule has 0 aromatic heterocycles. The molecule has 0 radical (unpaired) electrons. The molecular weight excluding hydrogens is 290 g/mol. The van der Waals surface area contributed by atoms with Gasteiger partial charge in [-0.1, -0.05) is 18.1 Å². The normalized spacial score (nSPS) is 40.4. The predicted octanol–water partition coefficient (Wildman–Crippen LogP) is 3.22. The lowest BCUT2D eigenvalue weighted by molar-refractivity contribution is -0.0160. The number of hydrogen-bond donors (Lipinski definition) is 2. The molecule has 1 aromatic carbocycles. The van der Waals surface area contributed by atoms with Gasteiger partial charge in [0.25, 0.3) is 0 Å². The fourth-order valence-electron chi connectivity index (χ4n) is 5.70. The van der Waals surface area contributed by atoms with Crippen LogP contribution in [-0.2, 0) is 11.3 Å². The van der Waals surface area contributed by atoms with Gasteiger partial charge in [0, 0.05) is 11.3 Å². The Morgan fingerprint density at radius 1 is 1.26 bits per heavy atom. The van der Waals surface area contributed by atoms with E-state index < -0.39 is 0 Å². The average Bonchev–Trinajstić information content (AvgIpc) is 2.83. The third-order valence-corrected chi connectivity index (χ3v) is 6.63. The van der Waals surface area contributed by atoms with E-state index >= 15 is 0 Å². The number of aryl methyl sites for hydroxylation is 1. The number of aliphatic hydroxyl groups is 1. The van der Waals surface area contributed by atoms with Gasteiger partial charge in [-0.05, 0) is 67.2 Å². The minimum atomic E-state index is -0.356. The predicted molar refractivity (Wildman–Crippen MR) is 88.6 cm³/mol. The van der Waals surface area contributed by atoms with Gasteiger partial charge in [0.2, 0.25) is 0 Å². The summed E-state index contributed by atoms with van der Waals surface area (Å²) >= 11 is 0. The first-order valence-electron chi connectivity index (χ1n) is 8.65.